The third-order valence-corrected chi connectivity index (χ3v) is 5.30. The van der Waals surface area contributed by atoms with Gasteiger partial charge in [0.05, 0.1) is 19.0 Å². The molecule has 4 aromatic rings. The molecule has 0 radical (unpaired) electrons. The van der Waals surface area contributed by atoms with Crippen molar-refractivity contribution in [3.05, 3.63) is 69.0 Å². The van der Waals surface area contributed by atoms with E-state index >= 15 is 0 Å². The minimum absolute atomic E-state index is 0.0415. The highest BCUT2D eigenvalue weighted by atomic mass is 35.5. The SMILES string of the molecule is COc1cc(/C=N/NC(=O)c2c(C)nnn2-c2nonc2N)ccc1OCc1ccc(Cl)cc1Cl. The summed E-state index contributed by atoms with van der Waals surface area (Å²) in [6, 6.07) is 10.3. The van der Waals surface area contributed by atoms with Gasteiger partial charge in [-0.15, -0.1) is 5.10 Å². The number of nitrogens with zero attached hydrogens (tertiary/aromatic N) is 6. The number of nitrogens with two attached hydrogens (primary N) is 1. The molecule has 14 heteroatoms. The van der Waals surface area contributed by atoms with Crippen LogP contribution < -0.4 is 20.6 Å². The first-order valence-electron chi connectivity index (χ1n) is 9.96. The molecular formula is C21H18Cl2N8O4. The first-order valence-corrected chi connectivity index (χ1v) is 10.7. The van der Waals surface area contributed by atoms with Gasteiger partial charge >= 0.3 is 0 Å². The third kappa shape index (κ3) is 5.34. The van der Waals surface area contributed by atoms with Crippen LogP contribution in [0.1, 0.15) is 27.3 Å². The summed E-state index contributed by atoms with van der Waals surface area (Å²) in [6.45, 7) is 1.83. The van der Waals surface area contributed by atoms with Crippen LogP contribution in [0, 0.1) is 6.92 Å². The molecular weight excluding hydrogens is 499 g/mol. The van der Waals surface area contributed by atoms with Crippen molar-refractivity contribution in [3.63, 3.8) is 0 Å². The molecule has 0 bridgehead atoms. The maximum absolute atomic E-state index is 12.7. The zero-order valence-electron chi connectivity index (χ0n) is 18.4. The van der Waals surface area contributed by atoms with E-state index in [1.54, 1.807) is 43.3 Å². The van der Waals surface area contributed by atoms with Crippen molar-refractivity contribution in [2.24, 2.45) is 5.10 Å². The molecule has 3 N–H and O–H groups in total. The highest BCUT2D eigenvalue weighted by Crippen LogP contribution is 2.30. The van der Waals surface area contributed by atoms with Crippen molar-refractivity contribution in [1.82, 2.24) is 30.7 Å². The van der Waals surface area contributed by atoms with E-state index in [0.29, 0.717) is 32.8 Å². The van der Waals surface area contributed by atoms with Gasteiger partial charge in [0.25, 0.3) is 5.91 Å². The Bertz CT molecular complexity index is 1400. The Morgan fingerprint density at radius 1 is 1.23 bits per heavy atom. The highest BCUT2D eigenvalue weighted by molar-refractivity contribution is 6.35. The number of rotatable bonds is 8. The van der Waals surface area contributed by atoms with Crippen LogP contribution in [-0.4, -0.2) is 44.5 Å². The third-order valence-electron chi connectivity index (χ3n) is 4.72. The zero-order chi connectivity index (χ0) is 24.9. The Labute approximate surface area is 208 Å². The molecule has 0 saturated carbocycles. The van der Waals surface area contributed by atoms with Crippen molar-refractivity contribution in [2.45, 2.75) is 13.5 Å². The summed E-state index contributed by atoms with van der Waals surface area (Å²) in [5, 5.41) is 19.9. The first kappa shape index (κ1) is 24.0. The van der Waals surface area contributed by atoms with E-state index in [4.69, 9.17) is 38.4 Å². The van der Waals surface area contributed by atoms with Gasteiger partial charge in [0.1, 0.15) is 6.61 Å². The Kier molecular flexibility index (Phi) is 7.13. The Morgan fingerprint density at radius 3 is 2.77 bits per heavy atom. The van der Waals surface area contributed by atoms with Crippen molar-refractivity contribution in [2.75, 3.05) is 12.8 Å². The molecule has 2 aromatic heterocycles. The first-order chi connectivity index (χ1) is 16.9. The number of benzene rings is 2. The predicted octanol–water partition coefficient (Wildman–Crippen LogP) is 3.20. The van der Waals surface area contributed by atoms with Crippen molar-refractivity contribution in [3.8, 4) is 17.3 Å². The number of aromatic nitrogens is 5. The second kappa shape index (κ2) is 10.4. The van der Waals surface area contributed by atoms with Crippen molar-refractivity contribution in [1.29, 1.82) is 0 Å². The molecule has 2 aromatic carbocycles. The van der Waals surface area contributed by atoms with Crippen LogP contribution in [0.3, 0.4) is 0 Å². The molecule has 180 valence electrons. The summed E-state index contributed by atoms with van der Waals surface area (Å²) < 4.78 is 16.9. The lowest BCUT2D eigenvalue weighted by Gasteiger charge is -2.12. The van der Waals surface area contributed by atoms with Crippen LogP contribution in [-0.2, 0) is 6.61 Å². The van der Waals surface area contributed by atoms with Gasteiger partial charge in [0.2, 0.25) is 11.6 Å². The molecule has 12 nitrogen and oxygen atoms in total. The number of aryl methyl sites for hydroxylation is 1. The minimum Gasteiger partial charge on any atom is -0.493 e. The summed E-state index contributed by atoms with van der Waals surface area (Å²) in [7, 11) is 1.52. The monoisotopic (exact) mass is 516 g/mol. The molecule has 0 unspecified atom stereocenters. The van der Waals surface area contributed by atoms with Gasteiger partial charge < -0.3 is 15.2 Å². The van der Waals surface area contributed by atoms with E-state index in [0.717, 1.165) is 10.2 Å². The molecule has 0 saturated heterocycles. The normalized spacial score (nSPS) is 11.1. The molecule has 4 rings (SSSR count). The molecule has 0 aliphatic heterocycles. The van der Waals surface area contributed by atoms with Crippen LogP contribution >= 0.6 is 23.2 Å². The fourth-order valence-corrected chi connectivity index (χ4v) is 3.46. The van der Waals surface area contributed by atoms with E-state index in [9.17, 15) is 4.79 Å². The number of hydrogen-bond donors (Lipinski definition) is 2. The van der Waals surface area contributed by atoms with Crippen molar-refractivity contribution >= 4 is 41.1 Å². The lowest BCUT2D eigenvalue weighted by Crippen LogP contribution is -2.22. The molecule has 0 atom stereocenters. The minimum atomic E-state index is -0.585. The number of methoxy groups -OCH3 is 1. The van der Waals surface area contributed by atoms with Gasteiger partial charge in [-0.2, -0.15) is 9.78 Å². The van der Waals surface area contributed by atoms with Gasteiger partial charge in [-0.3, -0.25) is 4.79 Å². The molecule has 2 heterocycles. The Morgan fingerprint density at radius 2 is 2.06 bits per heavy atom. The predicted molar refractivity (Wildman–Crippen MR) is 127 cm³/mol. The zero-order valence-corrected chi connectivity index (χ0v) is 19.9. The summed E-state index contributed by atoms with van der Waals surface area (Å²) in [6.07, 6.45) is 1.44. The number of nitrogen functional groups attached to an aromatic ring is 1. The van der Waals surface area contributed by atoms with Crippen LogP contribution in [0.2, 0.25) is 10.0 Å². The molecule has 35 heavy (non-hydrogen) atoms. The van der Waals surface area contributed by atoms with E-state index in [1.807, 2.05) is 0 Å². The quantitative estimate of drug-likeness (QED) is 0.265. The number of nitrogens with one attached hydrogen (secondary N) is 1. The average molecular weight is 517 g/mol. The van der Waals surface area contributed by atoms with Crippen molar-refractivity contribution < 1.29 is 18.9 Å². The molecule has 0 aliphatic carbocycles. The molecule has 0 fully saturated rings. The van der Waals surface area contributed by atoms with Crippen LogP contribution in [0.5, 0.6) is 11.5 Å². The van der Waals surface area contributed by atoms with E-state index < -0.39 is 5.91 Å². The van der Waals surface area contributed by atoms with E-state index in [2.05, 4.69) is 35.8 Å². The summed E-state index contributed by atoms with van der Waals surface area (Å²) in [5.74, 6) is 0.389. The van der Waals surface area contributed by atoms with Gasteiger partial charge in [-0.05, 0) is 53.1 Å². The number of carbonyl (C=O) groups excluding carboxylic acids is 1. The fraction of sp³-hybridized carbons (Fsp3) is 0.143. The number of ether oxygens (including phenoxy) is 2. The summed E-state index contributed by atoms with van der Waals surface area (Å²) in [5.41, 5.74) is 9.94. The lowest BCUT2D eigenvalue weighted by atomic mass is 10.2. The average Bonchev–Trinajstić information content (AvgIpc) is 3.43. The maximum atomic E-state index is 12.7. The number of hydrogen-bond acceptors (Lipinski definition) is 10. The van der Waals surface area contributed by atoms with Gasteiger partial charge in [-0.1, -0.05) is 34.5 Å². The second-order valence-electron chi connectivity index (χ2n) is 7.04. The Balaban J connectivity index is 1.44. The number of anilines is 1. The number of amides is 1. The van der Waals surface area contributed by atoms with E-state index in [-0.39, 0.29) is 23.9 Å². The number of hydrazone groups is 1. The Hall–Kier alpha value is -4.16. The summed E-state index contributed by atoms with van der Waals surface area (Å²) in [4.78, 5) is 12.7. The van der Waals surface area contributed by atoms with Crippen LogP contribution in [0.15, 0.2) is 46.1 Å². The molecule has 1 amide bonds. The second-order valence-corrected chi connectivity index (χ2v) is 7.89. The largest absolute Gasteiger partial charge is 0.493 e. The van der Waals surface area contributed by atoms with Crippen LogP contribution in [0.25, 0.3) is 5.82 Å². The topological polar surface area (TPSA) is 156 Å². The highest BCUT2D eigenvalue weighted by Gasteiger charge is 2.22. The number of halogens is 2. The number of carbonyl (C=O) groups is 1. The van der Waals surface area contributed by atoms with Gasteiger partial charge in [0, 0.05) is 15.6 Å². The summed E-state index contributed by atoms with van der Waals surface area (Å²) >= 11 is 12.1. The van der Waals surface area contributed by atoms with Gasteiger partial charge in [0.15, 0.2) is 17.2 Å². The van der Waals surface area contributed by atoms with Gasteiger partial charge in [-0.25, -0.2) is 10.1 Å². The fourth-order valence-electron chi connectivity index (χ4n) is 3.00. The van der Waals surface area contributed by atoms with E-state index in [1.165, 1.54) is 13.3 Å². The molecule has 0 aliphatic rings. The maximum Gasteiger partial charge on any atom is 0.292 e. The standard InChI is InChI=1S/C21H18Cl2N8O4/c1-11-18(31(30-26-11)20-19(24)28-35-29-20)21(32)27-25-9-12-3-6-16(17(7-12)33-2)34-10-13-4-5-14(22)8-15(13)23/h3-9H,10H2,1-2H3,(H2,24,28)(H,27,32)/b25-9+. The lowest BCUT2D eigenvalue weighted by molar-refractivity contribution is 0.0946. The smallest absolute Gasteiger partial charge is 0.292 e. The van der Waals surface area contributed by atoms with Crippen LogP contribution in [0.4, 0.5) is 5.82 Å². The molecule has 0 spiro atoms.